The summed E-state index contributed by atoms with van der Waals surface area (Å²) in [6.07, 6.45) is 6.11. The van der Waals surface area contributed by atoms with Crippen molar-refractivity contribution in [2.75, 3.05) is 7.11 Å². The zero-order chi connectivity index (χ0) is 17.1. The van der Waals surface area contributed by atoms with E-state index >= 15 is 0 Å². The highest BCUT2D eigenvalue weighted by molar-refractivity contribution is 5.42. The maximum Gasteiger partial charge on any atom is 0.350 e. The summed E-state index contributed by atoms with van der Waals surface area (Å²) >= 11 is 0. The van der Waals surface area contributed by atoms with Crippen LogP contribution in [0.1, 0.15) is 26.2 Å². The Kier molecular flexibility index (Phi) is 4.50. The van der Waals surface area contributed by atoms with E-state index in [-0.39, 0.29) is 16.9 Å². The molecule has 0 aliphatic carbocycles. The van der Waals surface area contributed by atoms with Crippen LogP contribution in [0.5, 0.6) is 5.75 Å². The Hall–Kier alpha value is -2.83. The average molecular weight is 328 g/mol. The van der Waals surface area contributed by atoms with Gasteiger partial charge in [-0.2, -0.15) is 0 Å². The molecule has 0 saturated carbocycles. The highest BCUT2D eigenvalue weighted by atomic mass is 16.5. The normalized spacial score (nSPS) is 11.1. The van der Waals surface area contributed by atoms with Crippen LogP contribution in [0.3, 0.4) is 0 Å². The summed E-state index contributed by atoms with van der Waals surface area (Å²) in [4.78, 5) is 25.0. The van der Waals surface area contributed by atoms with Crippen LogP contribution in [0.4, 0.5) is 0 Å². The molecule has 0 atom stereocenters. The summed E-state index contributed by atoms with van der Waals surface area (Å²) < 4.78 is 9.26. The summed E-state index contributed by atoms with van der Waals surface area (Å²) in [6, 6.07) is 7.13. The van der Waals surface area contributed by atoms with Crippen molar-refractivity contribution in [1.29, 1.82) is 0 Å². The number of rotatable bonds is 6. The first kappa shape index (κ1) is 16.0. The van der Waals surface area contributed by atoms with Gasteiger partial charge in [-0.1, -0.05) is 19.8 Å². The molecule has 7 nitrogen and oxygen atoms in total. The van der Waals surface area contributed by atoms with E-state index in [1.807, 2.05) is 0 Å². The van der Waals surface area contributed by atoms with Crippen molar-refractivity contribution in [1.82, 2.24) is 18.7 Å². The SMILES string of the molecule is CCCCCn1nc2c(=O)n(-c3ccc(OC)cc3)ccn2c1=O. The predicted molar refractivity (Wildman–Crippen MR) is 91.1 cm³/mol. The van der Waals surface area contributed by atoms with E-state index < -0.39 is 0 Å². The van der Waals surface area contributed by atoms with E-state index in [0.29, 0.717) is 18.0 Å². The second-order valence-electron chi connectivity index (χ2n) is 5.58. The van der Waals surface area contributed by atoms with E-state index in [0.717, 1.165) is 19.3 Å². The fourth-order valence-corrected chi connectivity index (χ4v) is 2.61. The van der Waals surface area contributed by atoms with E-state index in [4.69, 9.17) is 4.74 Å². The zero-order valence-electron chi connectivity index (χ0n) is 13.8. The maximum atomic E-state index is 12.7. The number of aromatic nitrogens is 4. The second-order valence-corrected chi connectivity index (χ2v) is 5.58. The lowest BCUT2D eigenvalue weighted by molar-refractivity contribution is 0.414. The molecular formula is C17H20N4O3. The van der Waals surface area contributed by atoms with Crippen molar-refractivity contribution < 1.29 is 4.74 Å². The molecule has 24 heavy (non-hydrogen) atoms. The first-order valence-electron chi connectivity index (χ1n) is 8.01. The van der Waals surface area contributed by atoms with Gasteiger partial charge < -0.3 is 4.74 Å². The smallest absolute Gasteiger partial charge is 0.350 e. The molecule has 0 fully saturated rings. The van der Waals surface area contributed by atoms with Crippen molar-refractivity contribution in [2.45, 2.75) is 32.7 Å². The van der Waals surface area contributed by atoms with Crippen molar-refractivity contribution in [3.8, 4) is 11.4 Å². The summed E-state index contributed by atoms with van der Waals surface area (Å²) in [7, 11) is 1.59. The molecule has 2 heterocycles. The summed E-state index contributed by atoms with van der Waals surface area (Å²) in [5.41, 5.74) is 0.222. The van der Waals surface area contributed by atoms with Gasteiger partial charge in [-0.05, 0) is 30.7 Å². The quantitative estimate of drug-likeness (QED) is 0.648. The van der Waals surface area contributed by atoms with Gasteiger partial charge in [0.2, 0.25) is 5.65 Å². The van der Waals surface area contributed by atoms with Gasteiger partial charge in [0.15, 0.2) is 0 Å². The number of hydrogen-bond donors (Lipinski definition) is 0. The lowest BCUT2D eigenvalue weighted by Gasteiger charge is -2.06. The van der Waals surface area contributed by atoms with Crippen LogP contribution in [0.15, 0.2) is 46.2 Å². The topological polar surface area (TPSA) is 70.5 Å². The molecule has 0 bridgehead atoms. The molecule has 0 unspecified atom stereocenters. The average Bonchev–Trinajstić information content (AvgIpc) is 2.93. The van der Waals surface area contributed by atoms with Crippen LogP contribution in [0, 0.1) is 0 Å². The Labute approximate surface area is 138 Å². The Balaban J connectivity index is 2.04. The van der Waals surface area contributed by atoms with Crippen molar-refractivity contribution in [2.24, 2.45) is 0 Å². The van der Waals surface area contributed by atoms with Crippen LogP contribution >= 0.6 is 0 Å². The molecule has 3 rings (SSSR count). The van der Waals surface area contributed by atoms with Gasteiger partial charge in [0.1, 0.15) is 5.75 Å². The zero-order valence-corrected chi connectivity index (χ0v) is 13.8. The molecule has 0 aliphatic rings. The van der Waals surface area contributed by atoms with Gasteiger partial charge in [0, 0.05) is 24.6 Å². The fourth-order valence-electron chi connectivity index (χ4n) is 2.61. The lowest BCUT2D eigenvalue weighted by Crippen LogP contribution is -2.24. The largest absolute Gasteiger partial charge is 0.497 e. The number of aryl methyl sites for hydroxylation is 1. The summed E-state index contributed by atoms with van der Waals surface area (Å²) in [6.45, 7) is 2.62. The molecule has 126 valence electrons. The van der Waals surface area contributed by atoms with Gasteiger partial charge in [0.05, 0.1) is 7.11 Å². The Morgan fingerprint density at radius 1 is 1.08 bits per heavy atom. The van der Waals surface area contributed by atoms with Gasteiger partial charge in [0.25, 0.3) is 0 Å². The van der Waals surface area contributed by atoms with Gasteiger partial charge in [-0.15, -0.1) is 5.10 Å². The molecule has 0 saturated heterocycles. The van der Waals surface area contributed by atoms with Crippen molar-refractivity contribution in [3.05, 3.63) is 57.5 Å². The van der Waals surface area contributed by atoms with E-state index in [1.165, 1.54) is 13.6 Å². The minimum absolute atomic E-state index is 0.134. The standard InChI is InChI=1S/C17H20N4O3/c1-3-4-5-10-21-17(23)20-12-11-19(16(22)15(20)18-21)13-6-8-14(24-2)9-7-13/h6-9,11-12H,3-5,10H2,1-2H3. The maximum absolute atomic E-state index is 12.7. The minimum atomic E-state index is -0.325. The highest BCUT2D eigenvalue weighted by Gasteiger charge is 2.12. The van der Waals surface area contributed by atoms with Gasteiger partial charge >= 0.3 is 11.2 Å². The fraction of sp³-hybridized carbons (Fsp3) is 0.353. The van der Waals surface area contributed by atoms with E-state index in [1.54, 1.807) is 43.8 Å². The number of ether oxygens (including phenoxy) is 1. The molecule has 1 aromatic carbocycles. The summed E-state index contributed by atoms with van der Waals surface area (Å²) in [5, 5.41) is 4.21. The Morgan fingerprint density at radius 2 is 1.83 bits per heavy atom. The number of methoxy groups -OCH3 is 1. The molecule has 0 amide bonds. The number of benzene rings is 1. The molecule has 2 aromatic heterocycles. The Bertz CT molecular complexity index is 951. The molecule has 7 heteroatoms. The number of fused-ring (bicyclic) bond motifs is 1. The first-order valence-corrected chi connectivity index (χ1v) is 8.01. The summed E-state index contributed by atoms with van der Waals surface area (Å²) in [5.74, 6) is 0.712. The third-order valence-corrected chi connectivity index (χ3v) is 3.97. The highest BCUT2D eigenvalue weighted by Crippen LogP contribution is 2.13. The van der Waals surface area contributed by atoms with Crippen molar-refractivity contribution >= 4 is 5.65 Å². The van der Waals surface area contributed by atoms with Crippen LogP contribution < -0.4 is 16.0 Å². The molecule has 0 N–H and O–H groups in total. The predicted octanol–water partition coefficient (Wildman–Crippen LogP) is 1.85. The third-order valence-electron chi connectivity index (χ3n) is 3.97. The lowest BCUT2D eigenvalue weighted by atomic mass is 10.2. The molecular weight excluding hydrogens is 308 g/mol. The molecule has 0 radical (unpaired) electrons. The van der Waals surface area contributed by atoms with E-state index in [9.17, 15) is 9.59 Å². The van der Waals surface area contributed by atoms with Gasteiger partial charge in [-0.25, -0.2) is 13.9 Å². The second kappa shape index (κ2) is 6.74. The molecule has 0 aliphatic heterocycles. The third kappa shape index (κ3) is 2.84. The van der Waals surface area contributed by atoms with Gasteiger partial charge in [-0.3, -0.25) is 9.36 Å². The Morgan fingerprint density at radius 3 is 2.50 bits per heavy atom. The van der Waals surface area contributed by atoms with Crippen LogP contribution in [0.25, 0.3) is 11.3 Å². The van der Waals surface area contributed by atoms with Crippen LogP contribution in [0.2, 0.25) is 0 Å². The molecule has 0 spiro atoms. The molecule has 3 aromatic rings. The monoisotopic (exact) mass is 328 g/mol. The van der Waals surface area contributed by atoms with Crippen molar-refractivity contribution in [3.63, 3.8) is 0 Å². The minimum Gasteiger partial charge on any atom is -0.497 e. The van der Waals surface area contributed by atoms with Crippen LogP contribution in [-0.4, -0.2) is 25.9 Å². The van der Waals surface area contributed by atoms with Crippen LogP contribution in [-0.2, 0) is 6.54 Å². The first-order chi connectivity index (χ1) is 11.7. The number of unbranched alkanes of at least 4 members (excludes halogenated alkanes) is 2. The number of nitrogens with zero attached hydrogens (tertiary/aromatic N) is 4. The number of hydrogen-bond acceptors (Lipinski definition) is 4. The van der Waals surface area contributed by atoms with E-state index in [2.05, 4.69) is 12.0 Å².